The van der Waals surface area contributed by atoms with E-state index >= 15 is 0 Å². The van der Waals surface area contributed by atoms with E-state index in [1.165, 1.54) is 19.1 Å². The minimum Gasteiger partial charge on any atom is -0.451 e. The van der Waals surface area contributed by atoms with Crippen LogP contribution in [0.3, 0.4) is 0 Å². The summed E-state index contributed by atoms with van der Waals surface area (Å²) in [6.07, 6.45) is -1.33. The second-order valence-electron chi connectivity index (χ2n) is 7.33. The minimum atomic E-state index is -1.33. The fourth-order valence-electron chi connectivity index (χ4n) is 2.43. The maximum absolute atomic E-state index is 12.4. The van der Waals surface area contributed by atoms with E-state index in [0.29, 0.717) is 4.90 Å². The van der Waals surface area contributed by atoms with Crippen LogP contribution in [0, 0.1) is 0 Å². The van der Waals surface area contributed by atoms with Crippen molar-refractivity contribution in [3.63, 3.8) is 0 Å². The van der Waals surface area contributed by atoms with Gasteiger partial charge in [0, 0.05) is 5.54 Å². The van der Waals surface area contributed by atoms with Crippen molar-refractivity contribution in [2.24, 2.45) is 0 Å². The number of rotatable bonds is 4. The second kappa shape index (κ2) is 8.38. The number of ether oxygens (including phenoxy) is 1. The van der Waals surface area contributed by atoms with Gasteiger partial charge < -0.3 is 10.1 Å². The fraction of sp³-hybridized carbons (Fsp3) is 0.389. The zero-order valence-electron chi connectivity index (χ0n) is 16.1. The summed E-state index contributed by atoms with van der Waals surface area (Å²) in [6.45, 7) is 5.71. The first kappa shape index (κ1) is 22.6. The molecule has 2 rings (SSSR count). The Hall–Kier alpha value is -2.65. The summed E-state index contributed by atoms with van der Waals surface area (Å²) >= 11 is 11.7. The molecule has 11 heteroatoms. The van der Waals surface area contributed by atoms with Crippen LogP contribution in [0.1, 0.15) is 48.4 Å². The van der Waals surface area contributed by atoms with Gasteiger partial charge in [0.05, 0.1) is 21.2 Å². The molecule has 0 spiro atoms. The summed E-state index contributed by atoms with van der Waals surface area (Å²) in [7, 11) is 0. The molecule has 0 saturated carbocycles. The third-order valence-corrected chi connectivity index (χ3v) is 4.42. The van der Waals surface area contributed by atoms with Crippen LogP contribution >= 0.6 is 23.2 Å². The Morgan fingerprint density at radius 3 is 2.00 bits per heavy atom. The Bertz CT molecular complexity index is 869. The van der Waals surface area contributed by atoms with Crippen LogP contribution in [0.4, 0.5) is 4.79 Å². The van der Waals surface area contributed by atoms with Gasteiger partial charge in [0.25, 0.3) is 17.7 Å². The number of nitrogens with zero attached hydrogens (tertiary/aromatic N) is 1. The van der Waals surface area contributed by atoms with E-state index < -0.39 is 47.9 Å². The summed E-state index contributed by atoms with van der Waals surface area (Å²) < 4.78 is 4.92. The third-order valence-electron chi connectivity index (χ3n) is 3.70. The molecule has 0 bridgehead atoms. The molecule has 1 atom stereocenters. The average molecular weight is 444 g/mol. The molecule has 0 fully saturated rings. The highest BCUT2D eigenvalue weighted by molar-refractivity contribution is 6.43. The fourth-order valence-corrected chi connectivity index (χ4v) is 2.76. The van der Waals surface area contributed by atoms with Gasteiger partial charge in [-0.2, -0.15) is 0 Å². The zero-order chi connectivity index (χ0) is 22.1. The van der Waals surface area contributed by atoms with Gasteiger partial charge in [-0.25, -0.2) is 4.79 Å². The van der Waals surface area contributed by atoms with E-state index in [1.54, 1.807) is 20.8 Å². The number of urea groups is 1. The highest BCUT2D eigenvalue weighted by Gasteiger charge is 2.38. The third kappa shape index (κ3) is 5.45. The molecule has 156 valence electrons. The Kier molecular flexibility index (Phi) is 6.54. The van der Waals surface area contributed by atoms with Gasteiger partial charge in [-0.05, 0) is 39.8 Å². The maximum atomic E-state index is 12.4. The Morgan fingerprint density at radius 1 is 1.07 bits per heavy atom. The van der Waals surface area contributed by atoms with Gasteiger partial charge in [-0.3, -0.25) is 29.4 Å². The molecule has 1 unspecified atom stereocenters. The van der Waals surface area contributed by atoms with Crippen LogP contribution in [0.25, 0.3) is 0 Å². The summed E-state index contributed by atoms with van der Waals surface area (Å²) in [5, 5.41) is 4.74. The zero-order valence-corrected chi connectivity index (χ0v) is 17.6. The molecule has 1 heterocycles. The lowest BCUT2D eigenvalue weighted by Gasteiger charge is -2.21. The molecule has 0 aliphatic carbocycles. The number of amides is 5. The van der Waals surface area contributed by atoms with E-state index in [2.05, 4.69) is 5.32 Å². The number of halogens is 2. The van der Waals surface area contributed by atoms with Crippen molar-refractivity contribution >= 4 is 52.9 Å². The van der Waals surface area contributed by atoms with Crippen molar-refractivity contribution in [1.29, 1.82) is 0 Å². The first-order valence-corrected chi connectivity index (χ1v) is 9.23. The number of hydrogen-bond donors (Lipinski definition) is 2. The van der Waals surface area contributed by atoms with Gasteiger partial charge in [0.2, 0.25) is 0 Å². The number of carbonyl (C=O) groups excluding carboxylic acids is 5. The van der Waals surface area contributed by atoms with Crippen LogP contribution in [-0.4, -0.2) is 52.8 Å². The van der Waals surface area contributed by atoms with Crippen molar-refractivity contribution in [3.8, 4) is 0 Å². The topological polar surface area (TPSA) is 122 Å². The van der Waals surface area contributed by atoms with Crippen molar-refractivity contribution in [2.45, 2.75) is 39.3 Å². The van der Waals surface area contributed by atoms with E-state index in [0.717, 1.165) is 0 Å². The lowest BCUT2D eigenvalue weighted by Crippen LogP contribution is -2.51. The second-order valence-corrected chi connectivity index (χ2v) is 8.15. The molecule has 1 aliphatic rings. The summed E-state index contributed by atoms with van der Waals surface area (Å²) in [5.41, 5.74) is -0.537. The van der Waals surface area contributed by atoms with Gasteiger partial charge in [0.1, 0.15) is 6.54 Å². The molecule has 29 heavy (non-hydrogen) atoms. The standard InChI is InChI=1S/C18H19Cl2N3O6/c1-8(14(25)21-17(28)22-18(2,3)4)29-13(24)7-23-15(26)9-5-11(19)12(20)6-10(9)16(23)27/h5-6,8H,7H2,1-4H3,(H2,21,22,25,28). The van der Waals surface area contributed by atoms with Crippen LogP contribution in [0.15, 0.2) is 12.1 Å². The van der Waals surface area contributed by atoms with E-state index in [-0.39, 0.29) is 21.2 Å². The Labute approximate surface area is 176 Å². The molecule has 2 N–H and O–H groups in total. The number of benzene rings is 1. The normalized spacial score (nSPS) is 14.3. The quantitative estimate of drug-likeness (QED) is 0.542. The lowest BCUT2D eigenvalue weighted by atomic mass is 10.1. The Balaban J connectivity index is 1.97. The number of esters is 1. The van der Waals surface area contributed by atoms with E-state index in [9.17, 15) is 24.0 Å². The number of imide groups is 2. The Morgan fingerprint density at radius 2 is 1.55 bits per heavy atom. The van der Waals surface area contributed by atoms with Gasteiger partial charge >= 0.3 is 12.0 Å². The summed E-state index contributed by atoms with van der Waals surface area (Å²) in [4.78, 5) is 61.2. The van der Waals surface area contributed by atoms with E-state index in [4.69, 9.17) is 27.9 Å². The van der Waals surface area contributed by atoms with Crippen molar-refractivity contribution in [2.75, 3.05) is 6.54 Å². The molecule has 0 saturated heterocycles. The van der Waals surface area contributed by atoms with Crippen LogP contribution in [-0.2, 0) is 14.3 Å². The van der Waals surface area contributed by atoms with Crippen LogP contribution < -0.4 is 10.6 Å². The predicted molar refractivity (Wildman–Crippen MR) is 104 cm³/mol. The molecular formula is C18H19Cl2N3O6. The molecule has 1 aromatic rings. The number of nitrogens with one attached hydrogen (secondary N) is 2. The highest BCUT2D eigenvalue weighted by Crippen LogP contribution is 2.31. The molecule has 0 aromatic heterocycles. The van der Waals surface area contributed by atoms with Crippen molar-refractivity contribution in [1.82, 2.24) is 15.5 Å². The van der Waals surface area contributed by atoms with Crippen molar-refractivity contribution < 1.29 is 28.7 Å². The average Bonchev–Trinajstić information content (AvgIpc) is 2.78. The number of carbonyl (C=O) groups is 5. The summed E-state index contributed by atoms with van der Waals surface area (Å²) in [6, 6.07) is 1.74. The summed E-state index contributed by atoms with van der Waals surface area (Å²) in [5.74, 6) is -3.33. The molecule has 0 radical (unpaired) electrons. The highest BCUT2D eigenvalue weighted by atomic mass is 35.5. The lowest BCUT2D eigenvalue weighted by molar-refractivity contribution is -0.154. The van der Waals surface area contributed by atoms with Crippen LogP contribution in [0.2, 0.25) is 10.0 Å². The van der Waals surface area contributed by atoms with E-state index in [1.807, 2.05) is 5.32 Å². The largest absolute Gasteiger partial charge is 0.451 e. The SMILES string of the molecule is CC(OC(=O)CN1C(=O)c2cc(Cl)c(Cl)cc2C1=O)C(=O)NC(=O)NC(C)(C)C. The van der Waals surface area contributed by atoms with Gasteiger partial charge in [0.15, 0.2) is 6.10 Å². The predicted octanol–water partition coefficient (Wildman–Crippen LogP) is 2.15. The van der Waals surface area contributed by atoms with Gasteiger partial charge in [-0.1, -0.05) is 23.2 Å². The minimum absolute atomic E-state index is 0.0156. The first-order valence-electron chi connectivity index (χ1n) is 8.48. The maximum Gasteiger partial charge on any atom is 0.326 e. The first-order chi connectivity index (χ1) is 13.3. The molecule has 9 nitrogen and oxygen atoms in total. The molecule has 5 amide bonds. The number of fused-ring (bicyclic) bond motifs is 1. The smallest absolute Gasteiger partial charge is 0.326 e. The van der Waals surface area contributed by atoms with Crippen LogP contribution in [0.5, 0.6) is 0 Å². The van der Waals surface area contributed by atoms with Crippen molar-refractivity contribution in [3.05, 3.63) is 33.3 Å². The molecule has 1 aromatic carbocycles. The molecule has 1 aliphatic heterocycles. The molecular weight excluding hydrogens is 425 g/mol. The number of hydrogen-bond acceptors (Lipinski definition) is 6. The van der Waals surface area contributed by atoms with Gasteiger partial charge in [-0.15, -0.1) is 0 Å². The monoisotopic (exact) mass is 443 g/mol.